The van der Waals surface area contributed by atoms with Crippen LogP contribution in [0.3, 0.4) is 0 Å². The van der Waals surface area contributed by atoms with Gasteiger partial charge in [-0.2, -0.15) is 0 Å². The summed E-state index contributed by atoms with van der Waals surface area (Å²) in [5.41, 5.74) is 0. The van der Waals surface area contributed by atoms with Gasteiger partial charge in [-0.05, 0) is 31.9 Å². The topological polar surface area (TPSA) is 29.5 Å². The van der Waals surface area contributed by atoms with Gasteiger partial charge in [0.2, 0.25) is 0 Å². The van der Waals surface area contributed by atoms with E-state index in [-0.39, 0.29) is 12.5 Å². The maximum Gasteiger partial charge on any atom is 0.260 e. The summed E-state index contributed by atoms with van der Waals surface area (Å²) in [5, 5.41) is 0.543. The molecule has 1 saturated carbocycles. The number of carbonyl (C=O) groups is 1. The van der Waals surface area contributed by atoms with Crippen LogP contribution < -0.4 is 4.74 Å². The van der Waals surface area contributed by atoms with E-state index in [2.05, 4.69) is 0 Å². The van der Waals surface area contributed by atoms with Crippen molar-refractivity contribution in [2.24, 2.45) is 0 Å². The quantitative estimate of drug-likeness (QED) is 0.824. The Morgan fingerprint density at radius 2 is 2.00 bits per heavy atom. The molecule has 0 bridgehead atoms. The largest absolute Gasteiger partial charge is 0.482 e. The van der Waals surface area contributed by atoms with Gasteiger partial charge in [-0.15, -0.1) is 0 Å². The van der Waals surface area contributed by atoms with Crippen molar-refractivity contribution in [2.75, 3.05) is 13.2 Å². The molecule has 0 saturated heterocycles. The molecular formula is C16H22ClNO2. The average molecular weight is 296 g/mol. The predicted octanol–water partition coefficient (Wildman–Crippen LogP) is 3.90. The van der Waals surface area contributed by atoms with Gasteiger partial charge in [-0.25, -0.2) is 0 Å². The standard InChI is InChI=1S/C16H22ClNO2/c1-2-18(13-8-4-3-5-9-13)16(19)12-20-15-11-7-6-10-14(15)17/h6-7,10-11,13H,2-5,8-9,12H2,1H3. The molecule has 1 aliphatic rings. The third-order valence-corrected chi connectivity index (χ3v) is 4.18. The Bertz CT molecular complexity index is 444. The molecule has 1 amide bonds. The van der Waals surface area contributed by atoms with Gasteiger partial charge in [0, 0.05) is 12.6 Å². The van der Waals surface area contributed by atoms with Crippen LogP contribution in [0.4, 0.5) is 0 Å². The minimum absolute atomic E-state index is 0.0549. The van der Waals surface area contributed by atoms with E-state index in [0.29, 0.717) is 16.8 Å². The number of hydrogen-bond donors (Lipinski definition) is 0. The van der Waals surface area contributed by atoms with Crippen molar-refractivity contribution in [3.05, 3.63) is 29.3 Å². The first-order chi connectivity index (χ1) is 9.72. The molecule has 1 fully saturated rings. The molecule has 2 rings (SSSR count). The second-order valence-electron chi connectivity index (χ2n) is 5.19. The molecule has 0 atom stereocenters. The van der Waals surface area contributed by atoms with Crippen LogP contribution >= 0.6 is 11.6 Å². The molecule has 1 aromatic carbocycles. The van der Waals surface area contributed by atoms with Crippen LogP contribution in [-0.4, -0.2) is 30.0 Å². The molecule has 0 radical (unpaired) electrons. The van der Waals surface area contributed by atoms with Gasteiger partial charge < -0.3 is 9.64 Å². The van der Waals surface area contributed by atoms with E-state index >= 15 is 0 Å². The van der Waals surface area contributed by atoms with E-state index < -0.39 is 0 Å². The fourth-order valence-corrected chi connectivity index (χ4v) is 3.01. The molecule has 20 heavy (non-hydrogen) atoms. The van der Waals surface area contributed by atoms with Crippen molar-refractivity contribution < 1.29 is 9.53 Å². The first-order valence-corrected chi connectivity index (χ1v) is 7.77. The molecule has 1 aliphatic carbocycles. The minimum Gasteiger partial charge on any atom is -0.482 e. The number of amides is 1. The van der Waals surface area contributed by atoms with Crippen LogP contribution in [0.25, 0.3) is 0 Å². The number of carbonyl (C=O) groups excluding carboxylic acids is 1. The van der Waals surface area contributed by atoms with Crippen LogP contribution in [0.15, 0.2) is 24.3 Å². The zero-order valence-electron chi connectivity index (χ0n) is 12.0. The maximum absolute atomic E-state index is 12.3. The highest BCUT2D eigenvalue weighted by Crippen LogP contribution is 2.24. The number of halogens is 1. The normalized spacial score (nSPS) is 15.9. The Kier molecular flexibility index (Phi) is 5.72. The maximum atomic E-state index is 12.3. The molecule has 110 valence electrons. The summed E-state index contributed by atoms with van der Waals surface area (Å²) in [4.78, 5) is 14.3. The van der Waals surface area contributed by atoms with Gasteiger partial charge in [0.15, 0.2) is 6.61 Å². The zero-order valence-corrected chi connectivity index (χ0v) is 12.7. The smallest absolute Gasteiger partial charge is 0.260 e. The van der Waals surface area contributed by atoms with E-state index in [9.17, 15) is 4.79 Å². The molecular weight excluding hydrogens is 274 g/mol. The van der Waals surface area contributed by atoms with Crippen molar-refractivity contribution in [2.45, 2.75) is 45.1 Å². The van der Waals surface area contributed by atoms with Gasteiger partial charge in [0.25, 0.3) is 5.91 Å². The minimum atomic E-state index is 0.0549. The summed E-state index contributed by atoms with van der Waals surface area (Å²) in [6.07, 6.45) is 5.97. The van der Waals surface area contributed by atoms with Crippen LogP contribution in [-0.2, 0) is 4.79 Å². The highest BCUT2D eigenvalue weighted by atomic mass is 35.5. The second kappa shape index (κ2) is 7.53. The Morgan fingerprint density at radius 3 is 2.65 bits per heavy atom. The number of benzene rings is 1. The first kappa shape index (κ1) is 15.2. The van der Waals surface area contributed by atoms with E-state index in [4.69, 9.17) is 16.3 Å². The van der Waals surface area contributed by atoms with Crippen LogP contribution in [0.5, 0.6) is 5.75 Å². The first-order valence-electron chi connectivity index (χ1n) is 7.39. The van der Waals surface area contributed by atoms with Crippen LogP contribution in [0.2, 0.25) is 5.02 Å². The summed E-state index contributed by atoms with van der Waals surface area (Å²) in [6.45, 7) is 2.84. The van der Waals surface area contributed by atoms with Crippen LogP contribution in [0, 0.1) is 0 Å². The summed E-state index contributed by atoms with van der Waals surface area (Å²) < 4.78 is 5.55. The SMILES string of the molecule is CCN(C(=O)COc1ccccc1Cl)C1CCCCC1. The molecule has 0 unspecified atom stereocenters. The van der Waals surface area contributed by atoms with Crippen molar-refractivity contribution in [3.8, 4) is 5.75 Å². The van der Waals surface area contributed by atoms with Crippen molar-refractivity contribution in [3.63, 3.8) is 0 Å². The number of rotatable bonds is 5. The fraction of sp³-hybridized carbons (Fsp3) is 0.562. The van der Waals surface area contributed by atoms with Crippen molar-refractivity contribution in [1.29, 1.82) is 0 Å². The van der Waals surface area contributed by atoms with E-state index in [0.717, 1.165) is 19.4 Å². The fourth-order valence-electron chi connectivity index (χ4n) is 2.82. The molecule has 0 heterocycles. The van der Waals surface area contributed by atoms with Gasteiger partial charge in [0.05, 0.1) is 5.02 Å². The molecule has 0 aromatic heterocycles. The summed E-state index contributed by atoms with van der Waals surface area (Å²) in [6, 6.07) is 7.63. The summed E-state index contributed by atoms with van der Waals surface area (Å²) in [7, 11) is 0. The van der Waals surface area contributed by atoms with E-state index in [1.807, 2.05) is 24.0 Å². The monoisotopic (exact) mass is 295 g/mol. The second-order valence-corrected chi connectivity index (χ2v) is 5.60. The number of ether oxygens (including phenoxy) is 1. The summed E-state index contributed by atoms with van der Waals surface area (Å²) in [5.74, 6) is 0.626. The molecule has 1 aromatic rings. The van der Waals surface area contributed by atoms with Gasteiger partial charge in [-0.1, -0.05) is 43.0 Å². The Morgan fingerprint density at radius 1 is 1.30 bits per heavy atom. The lowest BCUT2D eigenvalue weighted by Crippen LogP contribution is -2.43. The van der Waals surface area contributed by atoms with Gasteiger partial charge in [0.1, 0.15) is 5.75 Å². The van der Waals surface area contributed by atoms with E-state index in [1.165, 1.54) is 19.3 Å². The summed E-state index contributed by atoms with van der Waals surface area (Å²) >= 11 is 6.02. The Hall–Kier alpha value is -1.22. The highest BCUT2D eigenvalue weighted by Gasteiger charge is 2.24. The zero-order chi connectivity index (χ0) is 14.4. The van der Waals surface area contributed by atoms with Crippen molar-refractivity contribution >= 4 is 17.5 Å². The lowest BCUT2D eigenvalue weighted by atomic mass is 9.94. The number of nitrogens with zero attached hydrogens (tertiary/aromatic N) is 1. The number of para-hydroxylation sites is 1. The number of likely N-dealkylation sites (N-methyl/N-ethyl adjacent to an activating group) is 1. The number of hydrogen-bond acceptors (Lipinski definition) is 2. The molecule has 0 spiro atoms. The molecule has 0 aliphatic heterocycles. The molecule has 4 heteroatoms. The highest BCUT2D eigenvalue weighted by molar-refractivity contribution is 6.32. The Labute approximate surface area is 125 Å². The Balaban J connectivity index is 1.90. The average Bonchev–Trinajstić information content (AvgIpc) is 2.48. The predicted molar refractivity (Wildman–Crippen MR) is 81.2 cm³/mol. The lowest BCUT2D eigenvalue weighted by Gasteiger charge is -2.33. The van der Waals surface area contributed by atoms with Gasteiger partial charge in [-0.3, -0.25) is 4.79 Å². The van der Waals surface area contributed by atoms with Crippen molar-refractivity contribution in [1.82, 2.24) is 4.90 Å². The lowest BCUT2D eigenvalue weighted by molar-refractivity contribution is -0.136. The van der Waals surface area contributed by atoms with E-state index in [1.54, 1.807) is 12.1 Å². The molecule has 0 N–H and O–H groups in total. The molecule has 3 nitrogen and oxygen atoms in total. The third-order valence-electron chi connectivity index (χ3n) is 3.86. The van der Waals surface area contributed by atoms with Gasteiger partial charge >= 0.3 is 0 Å². The van der Waals surface area contributed by atoms with Crippen LogP contribution in [0.1, 0.15) is 39.0 Å². The third kappa shape index (κ3) is 3.89.